The van der Waals surface area contributed by atoms with Crippen LogP contribution in [0.1, 0.15) is 29.7 Å². The van der Waals surface area contributed by atoms with Crippen LogP contribution in [0.4, 0.5) is 0 Å². The van der Waals surface area contributed by atoms with E-state index in [1.165, 1.54) is 11.1 Å². The van der Waals surface area contributed by atoms with Gasteiger partial charge >= 0.3 is 5.69 Å². The van der Waals surface area contributed by atoms with E-state index in [2.05, 4.69) is 32.0 Å². The zero-order chi connectivity index (χ0) is 14.0. The zero-order valence-electron chi connectivity index (χ0n) is 11.8. The molecule has 0 aliphatic carbocycles. The molecule has 19 heavy (non-hydrogen) atoms. The minimum atomic E-state index is -0.161. The quantitative estimate of drug-likeness (QED) is 0.913. The second-order valence-corrected chi connectivity index (χ2v) is 4.99. The highest BCUT2D eigenvalue weighted by Crippen LogP contribution is 2.18. The summed E-state index contributed by atoms with van der Waals surface area (Å²) in [7, 11) is 0. The van der Waals surface area contributed by atoms with Gasteiger partial charge in [0, 0.05) is 31.5 Å². The summed E-state index contributed by atoms with van der Waals surface area (Å²) in [4.78, 5) is 12.0. The molecular formula is C15H21N3O. The second-order valence-electron chi connectivity index (χ2n) is 4.99. The van der Waals surface area contributed by atoms with Crippen molar-refractivity contribution in [3.8, 4) is 0 Å². The molecule has 4 nitrogen and oxygen atoms in total. The molecule has 102 valence electrons. The number of nitrogens with two attached hydrogens (primary N) is 1. The van der Waals surface area contributed by atoms with Crippen LogP contribution in [0.15, 0.2) is 35.4 Å². The average molecular weight is 259 g/mol. The molecule has 2 aromatic rings. The van der Waals surface area contributed by atoms with Gasteiger partial charge in [-0.1, -0.05) is 23.8 Å². The van der Waals surface area contributed by atoms with Crippen LogP contribution in [-0.4, -0.2) is 9.13 Å². The molecule has 0 aliphatic rings. The Bertz CT molecular complexity index is 625. The highest BCUT2D eigenvalue weighted by atomic mass is 16.1. The van der Waals surface area contributed by atoms with E-state index in [1.807, 2.05) is 6.92 Å². The molecule has 0 saturated carbocycles. The van der Waals surface area contributed by atoms with Crippen molar-refractivity contribution in [2.75, 3.05) is 0 Å². The van der Waals surface area contributed by atoms with Gasteiger partial charge in [-0.3, -0.25) is 9.13 Å². The second kappa shape index (κ2) is 5.45. The number of aromatic nitrogens is 2. The fourth-order valence-electron chi connectivity index (χ4n) is 2.38. The number of hydrogen-bond acceptors (Lipinski definition) is 2. The predicted octanol–water partition coefficient (Wildman–Crippen LogP) is 1.99. The Balaban J connectivity index is 2.23. The number of hydrogen-bond donors (Lipinski definition) is 1. The molecule has 0 spiro atoms. The minimum Gasteiger partial charge on any atom is -0.322 e. The highest BCUT2D eigenvalue weighted by Gasteiger charge is 2.11. The Morgan fingerprint density at radius 3 is 2.47 bits per heavy atom. The summed E-state index contributed by atoms with van der Waals surface area (Å²) >= 11 is 0. The topological polar surface area (TPSA) is 52.9 Å². The lowest BCUT2D eigenvalue weighted by atomic mass is 10.00. The van der Waals surface area contributed by atoms with Crippen molar-refractivity contribution in [2.24, 2.45) is 5.73 Å². The maximum absolute atomic E-state index is 12.0. The van der Waals surface area contributed by atoms with E-state index < -0.39 is 0 Å². The van der Waals surface area contributed by atoms with Crippen LogP contribution in [0.5, 0.6) is 0 Å². The van der Waals surface area contributed by atoms with Crippen molar-refractivity contribution >= 4 is 0 Å². The van der Waals surface area contributed by atoms with Crippen LogP contribution in [-0.2, 0) is 13.1 Å². The smallest absolute Gasteiger partial charge is 0.322 e. The van der Waals surface area contributed by atoms with Gasteiger partial charge in [0.15, 0.2) is 0 Å². The molecule has 1 atom stereocenters. The van der Waals surface area contributed by atoms with Gasteiger partial charge in [0.2, 0.25) is 0 Å². The number of benzene rings is 1. The summed E-state index contributed by atoms with van der Waals surface area (Å²) in [5.41, 5.74) is 9.73. The Morgan fingerprint density at radius 1 is 1.21 bits per heavy atom. The molecule has 4 heteroatoms. The van der Waals surface area contributed by atoms with Crippen molar-refractivity contribution in [2.45, 2.75) is 39.9 Å². The van der Waals surface area contributed by atoms with Gasteiger partial charge in [-0.05, 0) is 31.9 Å². The molecule has 1 aromatic carbocycles. The van der Waals surface area contributed by atoms with Crippen LogP contribution < -0.4 is 11.4 Å². The normalized spacial score (nSPS) is 12.6. The van der Waals surface area contributed by atoms with E-state index in [-0.39, 0.29) is 11.7 Å². The molecule has 0 amide bonds. The third-order valence-electron chi connectivity index (χ3n) is 3.48. The SMILES string of the molecule is CCn1ccn(CC(N)c2ccc(C)cc2C)c1=O. The first-order valence-corrected chi connectivity index (χ1v) is 6.61. The molecule has 2 rings (SSSR count). The maximum atomic E-state index is 12.0. The van der Waals surface area contributed by atoms with Crippen LogP contribution >= 0.6 is 0 Å². The largest absolute Gasteiger partial charge is 0.328 e. The van der Waals surface area contributed by atoms with E-state index in [0.717, 1.165) is 5.56 Å². The first-order valence-electron chi connectivity index (χ1n) is 6.61. The van der Waals surface area contributed by atoms with Gasteiger partial charge in [0.25, 0.3) is 0 Å². The molecule has 1 unspecified atom stereocenters. The summed E-state index contributed by atoms with van der Waals surface area (Å²) in [6.07, 6.45) is 3.60. The molecule has 0 fully saturated rings. The highest BCUT2D eigenvalue weighted by molar-refractivity contribution is 5.32. The monoisotopic (exact) mass is 259 g/mol. The summed E-state index contributed by atoms with van der Waals surface area (Å²) in [6, 6.07) is 6.07. The van der Waals surface area contributed by atoms with Gasteiger partial charge in [0.05, 0.1) is 0 Å². The molecule has 0 radical (unpaired) electrons. The van der Waals surface area contributed by atoms with Crippen LogP contribution in [0.25, 0.3) is 0 Å². The molecule has 2 N–H and O–H groups in total. The Morgan fingerprint density at radius 2 is 1.89 bits per heavy atom. The molecule has 1 aromatic heterocycles. The zero-order valence-corrected chi connectivity index (χ0v) is 11.8. The lowest BCUT2D eigenvalue weighted by Gasteiger charge is -2.15. The molecule has 0 aliphatic heterocycles. The Hall–Kier alpha value is -1.81. The molecule has 0 saturated heterocycles. The standard InChI is InChI=1S/C15H21N3O/c1-4-17-7-8-18(15(17)19)10-14(16)13-6-5-11(2)9-12(13)3/h5-9,14H,4,10,16H2,1-3H3. The van der Waals surface area contributed by atoms with Crippen LogP contribution in [0, 0.1) is 13.8 Å². The summed E-state index contributed by atoms with van der Waals surface area (Å²) in [5.74, 6) is 0. The van der Waals surface area contributed by atoms with Crippen LogP contribution in [0.3, 0.4) is 0 Å². The summed E-state index contributed by atoms with van der Waals surface area (Å²) in [5, 5.41) is 0. The predicted molar refractivity (Wildman–Crippen MR) is 77.2 cm³/mol. The summed E-state index contributed by atoms with van der Waals surface area (Å²) < 4.78 is 3.35. The number of nitrogens with zero attached hydrogens (tertiary/aromatic N) is 2. The number of imidazole rings is 1. The van der Waals surface area contributed by atoms with Gasteiger partial charge in [0.1, 0.15) is 0 Å². The van der Waals surface area contributed by atoms with Gasteiger partial charge < -0.3 is 5.73 Å². The first-order chi connectivity index (χ1) is 9.02. The van der Waals surface area contributed by atoms with E-state index >= 15 is 0 Å². The van der Waals surface area contributed by atoms with E-state index in [9.17, 15) is 4.79 Å². The van der Waals surface area contributed by atoms with Crippen molar-refractivity contribution in [3.63, 3.8) is 0 Å². The van der Waals surface area contributed by atoms with Crippen molar-refractivity contribution in [3.05, 3.63) is 57.8 Å². The lowest BCUT2D eigenvalue weighted by Crippen LogP contribution is -2.28. The van der Waals surface area contributed by atoms with E-state index in [4.69, 9.17) is 5.73 Å². The number of rotatable bonds is 4. The Kier molecular flexibility index (Phi) is 3.90. The van der Waals surface area contributed by atoms with Gasteiger partial charge in [-0.15, -0.1) is 0 Å². The fraction of sp³-hybridized carbons (Fsp3) is 0.400. The third-order valence-corrected chi connectivity index (χ3v) is 3.48. The van der Waals surface area contributed by atoms with E-state index in [1.54, 1.807) is 21.5 Å². The maximum Gasteiger partial charge on any atom is 0.328 e. The number of aryl methyl sites for hydroxylation is 3. The van der Waals surface area contributed by atoms with Gasteiger partial charge in [-0.25, -0.2) is 4.79 Å². The van der Waals surface area contributed by atoms with Crippen molar-refractivity contribution in [1.82, 2.24) is 9.13 Å². The van der Waals surface area contributed by atoms with Crippen molar-refractivity contribution < 1.29 is 0 Å². The minimum absolute atomic E-state index is 0.00251. The lowest BCUT2D eigenvalue weighted by molar-refractivity contribution is 0.546. The van der Waals surface area contributed by atoms with E-state index in [0.29, 0.717) is 13.1 Å². The average Bonchev–Trinajstić information content (AvgIpc) is 2.70. The van der Waals surface area contributed by atoms with Crippen molar-refractivity contribution in [1.29, 1.82) is 0 Å². The third kappa shape index (κ3) is 2.79. The van der Waals surface area contributed by atoms with Gasteiger partial charge in [-0.2, -0.15) is 0 Å². The molecule has 1 heterocycles. The Labute approximate surface area is 113 Å². The molecule has 0 bridgehead atoms. The first kappa shape index (κ1) is 13.6. The summed E-state index contributed by atoms with van der Waals surface area (Å²) in [6.45, 7) is 7.27. The fourth-order valence-corrected chi connectivity index (χ4v) is 2.38. The molecular weight excluding hydrogens is 238 g/mol. The van der Waals surface area contributed by atoms with Crippen LogP contribution in [0.2, 0.25) is 0 Å².